The Balaban J connectivity index is 3.47. The SMILES string of the molecule is CCNC(=O)CCC(CC(=O)CCCCCCCCCCCCCCCCCCC(=O)O)C(=O)O. The Bertz CT molecular complexity index is 578. The Hall–Kier alpha value is -1.92. The monoisotopic (exact) mass is 497 g/mol. The molecule has 0 aliphatic rings. The lowest BCUT2D eigenvalue weighted by Gasteiger charge is -2.11. The fraction of sp³-hybridized carbons (Fsp3) is 0.857. The van der Waals surface area contributed by atoms with E-state index in [2.05, 4.69) is 5.32 Å². The van der Waals surface area contributed by atoms with E-state index < -0.39 is 17.9 Å². The molecule has 0 aromatic carbocycles. The number of rotatable bonds is 26. The van der Waals surface area contributed by atoms with Crippen LogP contribution in [0.4, 0.5) is 0 Å². The molecule has 0 rings (SSSR count). The Morgan fingerprint density at radius 2 is 1.00 bits per heavy atom. The molecule has 0 radical (unpaired) electrons. The zero-order chi connectivity index (χ0) is 26.2. The summed E-state index contributed by atoms with van der Waals surface area (Å²) in [5, 5.41) is 20.6. The van der Waals surface area contributed by atoms with E-state index in [-0.39, 0.29) is 31.0 Å². The van der Waals surface area contributed by atoms with Gasteiger partial charge in [0.25, 0.3) is 0 Å². The minimum absolute atomic E-state index is 0.00788. The normalized spacial score (nSPS) is 11.8. The van der Waals surface area contributed by atoms with Gasteiger partial charge in [0, 0.05) is 32.2 Å². The molecular formula is C28H51NO6. The van der Waals surface area contributed by atoms with Crippen LogP contribution in [0, 0.1) is 5.92 Å². The molecule has 0 spiro atoms. The van der Waals surface area contributed by atoms with Crippen molar-refractivity contribution in [2.24, 2.45) is 5.92 Å². The molecule has 0 aliphatic heterocycles. The Labute approximate surface area is 212 Å². The average molecular weight is 498 g/mol. The zero-order valence-electron chi connectivity index (χ0n) is 22.2. The number of nitrogens with one attached hydrogen (secondary N) is 1. The first kappa shape index (κ1) is 33.1. The van der Waals surface area contributed by atoms with E-state index >= 15 is 0 Å². The number of carboxylic acid groups (broad SMARTS) is 2. The maximum atomic E-state index is 12.1. The quantitative estimate of drug-likeness (QED) is 0.115. The molecule has 0 aliphatic carbocycles. The maximum Gasteiger partial charge on any atom is 0.306 e. The Kier molecular flexibility index (Phi) is 22.5. The van der Waals surface area contributed by atoms with E-state index in [9.17, 15) is 24.3 Å². The predicted octanol–water partition coefficient (Wildman–Crippen LogP) is 6.67. The lowest BCUT2D eigenvalue weighted by atomic mass is 9.94. The lowest BCUT2D eigenvalue weighted by Crippen LogP contribution is -2.25. The number of unbranched alkanes of at least 4 members (excludes halogenated alkanes) is 15. The average Bonchev–Trinajstić information content (AvgIpc) is 2.80. The highest BCUT2D eigenvalue weighted by molar-refractivity contribution is 5.84. The van der Waals surface area contributed by atoms with Crippen LogP contribution in [0.3, 0.4) is 0 Å². The molecule has 0 aromatic heterocycles. The molecule has 7 heteroatoms. The van der Waals surface area contributed by atoms with Crippen LogP contribution in [0.15, 0.2) is 0 Å². The third-order valence-corrected chi connectivity index (χ3v) is 6.51. The summed E-state index contributed by atoms with van der Waals surface area (Å²) in [6.07, 6.45) is 19.8. The molecule has 1 unspecified atom stereocenters. The lowest BCUT2D eigenvalue weighted by molar-refractivity contribution is -0.144. The van der Waals surface area contributed by atoms with Gasteiger partial charge in [0.2, 0.25) is 5.91 Å². The molecule has 0 bridgehead atoms. The first-order valence-corrected chi connectivity index (χ1v) is 14.1. The molecule has 7 nitrogen and oxygen atoms in total. The number of ketones is 1. The van der Waals surface area contributed by atoms with Gasteiger partial charge in [0.1, 0.15) is 5.78 Å². The molecule has 0 heterocycles. The van der Waals surface area contributed by atoms with E-state index in [1.165, 1.54) is 64.2 Å². The van der Waals surface area contributed by atoms with E-state index in [1.807, 2.05) is 6.92 Å². The van der Waals surface area contributed by atoms with Crippen molar-refractivity contribution in [2.45, 2.75) is 142 Å². The first-order valence-electron chi connectivity index (χ1n) is 14.1. The summed E-state index contributed by atoms with van der Waals surface area (Å²) in [5.74, 6) is -2.61. The molecule has 3 N–H and O–H groups in total. The number of aliphatic carboxylic acids is 2. The van der Waals surface area contributed by atoms with Gasteiger partial charge < -0.3 is 15.5 Å². The largest absolute Gasteiger partial charge is 0.481 e. The smallest absolute Gasteiger partial charge is 0.306 e. The summed E-state index contributed by atoms with van der Waals surface area (Å²) in [7, 11) is 0. The van der Waals surface area contributed by atoms with Gasteiger partial charge in [0.15, 0.2) is 0 Å². The minimum Gasteiger partial charge on any atom is -0.481 e. The Morgan fingerprint density at radius 1 is 0.600 bits per heavy atom. The molecule has 204 valence electrons. The second-order valence-corrected chi connectivity index (χ2v) is 9.82. The van der Waals surface area contributed by atoms with Crippen LogP contribution in [0.5, 0.6) is 0 Å². The molecule has 35 heavy (non-hydrogen) atoms. The molecule has 0 saturated heterocycles. The number of carbonyl (C=O) groups excluding carboxylic acids is 2. The maximum absolute atomic E-state index is 12.1. The van der Waals surface area contributed by atoms with Crippen LogP contribution in [-0.2, 0) is 19.2 Å². The second kappa shape index (κ2) is 23.8. The van der Waals surface area contributed by atoms with Gasteiger partial charge >= 0.3 is 11.9 Å². The van der Waals surface area contributed by atoms with Crippen molar-refractivity contribution in [1.29, 1.82) is 0 Å². The number of hydrogen-bond donors (Lipinski definition) is 3. The molecular weight excluding hydrogens is 446 g/mol. The number of carboxylic acids is 2. The summed E-state index contributed by atoms with van der Waals surface area (Å²) < 4.78 is 0. The minimum atomic E-state index is -0.993. The van der Waals surface area contributed by atoms with Gasteiger partial charge in [-0.25, -0.2) is 0 Å². The highest BCUT2D eigenvalue weighted by Crippen LogP contribution is 2.17. The molecule has 0 saturated carbocycles. The fourth-order valence-corrected chi connectivity index (χ4v) is 4.35. The third kappa shape index (κ3) is 23.6. The zero-order valence-corrected chi connectivity index (χ0v) is 22.2. The number of hydrogen-bond acceptors (Lipinski definition) is 4. The number of carbonyl (C=O) groups is 4. The van der Waals surface area contributed by atoms with Crippen molar-refractivity contribution in [3.8, 4) is 0 Å². The van der Waals surface area contributed by atoms with Gasteiger partial charge in [-0.05, 0) is 26.2 Å². The van der Waals surface area contributed by atoms with Crippen LogP contribution in [0.25, 0.3) is 0 Å². The van der Waals surface area contributed by atoms with E-state index in [0.29, 0.717) is 19.4 Å². The summed E-state index contributed by atoms with van der Waals surface area (Å²) >= 11 is 0. The van der Waals surface area contributed by atoms with Crippen molar-refractivity contribution in [3.05, 3.63) is 0 Å². The standard InChI is InChI=1S/C28H51NO6/c1-2-29-26(31)22-21-24(28(34)35)23-25(30)19-17-15-13-11-9-7-5-3-4-6-8-10-12-14-16-18-20-27(32)33/h24H,2-23H2,1H3,(H,29,31)(H,32,33)(H,34,35). The highest BCUT2D eigenvalue weighted by Gasteiger charge is 2.21. The number of Topliss-reactive ketones (excluding diaryl/α,β-unsaturated/α-hetero) is 1. The van der Waals surface area contributed by atoms with Gasteiger partial charge in [-0.2, -0.15) is 0 Å². The third-order valence-electron chi connectivity index (χ3n) is 6.51. The Morgan fingerprint density at radius 3 is 1.37 bits per heavy atom. The van der Waals surface area contributed by atoms with E-state index in [1.54, 1.807) is 0 Å². The molecule has 1 atom stereocenters. The van der Waals surface area contributed by atoms with Crippen LogP contribution in [-0.4, -0.2) is 40.4 Å². The van der Waals surface area contributed by atoms with Gasteiger partial charge in [0.05, 0.1) is 5.92 Å². The molecule has 0 fully saturated rings. The molecule has 0 aromatic rings. The van der Waals surface area contributed by atoms with Crippen LogP contribution in [0.1, 0.15) is 142 Å². The van der Waals surface area contributed by atoms with Crippen LogP contribution in [0.2, 0.25) is 0 Å². The fourth-order valence-electron chi connectivity index (χ4n) is 4.35. The summed E-state index contributed by atoms with van der Waals surface area (Å²) in [6.45, 7) is 2.34. The summed E-state index contributed by atoms with van der Waals surface area (Å²) in [5.41, 5.74) is 0. The second-order valence-electron chi connectivity index (χ2n) is 9.82. The van der Waals surface area contributed by atoms with Gasteiger partial charge in [-0.3, -0.25) is 19.2 Å². The van der Waals surface area contributed by atoms with Crippen LogP contribution < -0.4 is 5.32 Å². The van der Waals surface area contributed by atoms with Crippen molar-refractivity contribution in [3.63, 3.8) is 0 Å². The van der Waals surface area contributed by atoms with E-state index in [0.717, 1.165) is 38.5 Å². The summed E-state index contributed by atoms with van der Waals surface area (Å²) in [6, 6.07) is 0. The highest BCUT2D eigenvalue weighted by atomic mass is 16.4. The predicted molar refractivity (Wildman–Crippen MR) is 139 cm³/mol. The van der Waals surface area contributed by atoms with Crippen molar-refractivity contribution in [2.75, 3.05) is 6.54 Å². The van der Waals surface area contributed by atoms with Crippen molar-refractivity contribution < 1.29 is 29.4 Å². The van der Waals surface area contributed by atoms with Gasteiger partial charge in [-0.15, -0.1) is 0 Å². The van der Waals surface area contributed by atoms with Gasteiger partial charge in [-0.1, -0.05) is 89.9 Å². The topological polar surface area (TPSA) is 121 Å². The van der Waals surface area contributed by atoms with Crippen LogP contribution >= 0.6 is 0 Å². The van der Waals surface area contributed by atoms with Crippen molar-refractivity contribution in [1.82, 2.24) is 5.32 Å². The van der Waals surface area contributed by atoms with Crippen molar-refractivity contribution >= 4 is 23.6 Å². The van der Waals surface area contributed by atoms with E-state index in [4.69, 9.17) is 5.11 Å². The number of amides is 1. The first-order chi connectivity index (χ1) is 16.9. The summed E-state index contributed by atoms with van der Waals surface area (Å²) in [4.78, 5) is 45.4. The molecule has 1 amide bonds.